The van der Waals surface area contributed by atoms with Crippen LogP contribution >= 0.6 is 0 Å². The zero-order valence-corrected chi connectivity index (χ0v) is 15.6. The van der Waals surface area contributed by atoms with Crippen LogP contribution in [0.4, 0.5) is 0 Å². The van der Waals surface area contributed by atoms with Gasteiger partial charge in [-0.1, -0.05) is 57.6 Å². The number of guanidine groups is 2. The van der Waals surface area contributed by atoms with E-state index in [1.807, 2.05) is 24.3 Å². The number of aliphatic imine (C=N–C) groups is 2. The summed E-state index contributed by atoms with van der Waals surface area (Å²) in [6.07, 6.45) is 8.80. The van der Waals surface area contributed by atoms with Crippen LogP contribution in [0.25, 0.3) is 0 Å². The van der Waals surface area contributed by atoms with Crippen molar-refractivity contribution >= 4 is 11.9 Å². The molecule has 0 aliphatic heterocycles. The van der Waals surface area contributed by atoms with Crippen LogP contribution in [0, 0.1) is 0 Å². The normalized spacial score (nSPS) is 12.2. The third-order valence-electron chi connectivity index (χ3n) is 3.89. The van der Waals surface area contributed by atoms with Crippen LogP contribution in [0.15, 0.2) is 34.3 Å². The molecule has 0 saturated carbocycles. The highest BCUT2D eigenvalue weighted by Gasteiger charge is 1.97. The van der Waals surface area contributed by atoms with Gasteiger partial charge in [0.15, 0.2) is 11.9 Å². The number of methoxy groups -OCH3 is 1. The predicted molar refractivity (Wildman–Crippen MR) is 106 cm³/mol. The van der Waals surface area contributed by atoms with E-state index in [1.165, 1.54) is 38.5 Å². The molecule has 1 aromatic rings. The highest BCUT2D eigenvalue weighted by Crippen LogP contribution is 2.11. The van der Waals surface area contributed by atoms with E-state index in [2.05, 4.69) is 22.2 Å². The van der Waals surface area contributed by atoms with E-state index in [0.717, 1.165) is 24.3 Å². The van der Waals surface area contributed by atoms with Gasteiger partial charge in [0.25, 0.3) is 0 Å². The van der Waals surface area contributed by atoms with Crippen LogP contribution in [0.1, 0.15) is 57.4 Å². The van der Waals surface area contributed by atoms with Crippen LogP contribution in [0.2, 0.25) is 0 Å². The van der Waals surface area contributed by atoms with Crippen LogP contribution < -0.4 is 21.5 Å². The Bertz CT molecular complexity index is 525. The van der Waals surface area contributed by atoms with Crippen molar-refractivity contribution in [2.45, 2.75) is 58.4 Å². The first-order valence-corrected chi connectivity index (χ1v) is 9.15. The van der Waals surface area contributed by atoms with Gasteiger partial charge in [0, 0.05) is 6.54 Å². The molecule has 0 unspecified atom stereocenters. The predicted octanol–water partition coefficient (Wildman–Crippen LogP) is 3.16. The molecule has 1 rings (SSSR count). The third-order valence-corrected chi connectivity index (χ3v) is 3.89. The van der Waals surface area contributed by atoms with E-state index < -0.39 is 0 Å². The van der Waals surface area contributed by atoms with Gasteiger partial charge in [-0.05, 0) is 24.1 Å². The summed E-state index contributed by atoms with van der Waals surface area (Å²) in [6, 6.07) is 7.69. The average molecular weight is 348 g/mol. The molecule has 6 nitrogen and oxygen atoms in total. The van der Waals surface area contributed by atoms with E-state index >= 15 is 0 Å². The van der Waals surface area contributed by atoms with E-state index in [0.29, 0.717) is 12.5 Å². The highest BCUT2D eigenvalue weighted by molar-refractivity contribution is 5.96. The van der Waals surface area contributed by atoms with Crippen molar-refractivity contribution in [2.75, 3.05) is 13.7 Å². The SMILES string of the molecule is CCCCCCCCCN=C(N)NC(N)=NCc1ccc(OC)cc1. The van der Waals surface area contributed by atoms with Gasteiger partial charge in [-0.2, -0.15) is 0 Å². The third kappa shape index (κ3) is 10.3. The summed E-state index contributed by atoms with van der Waals surface area (Å²) in [6.45, 7) is 3.43. The lowest BCUT2D eigenvalue weighted by atomic mass is 10.1. The molecule has 5 N–H and O–H groups in total. The maximum Gasteiger partial charge on any atom is 0.195 e. The Labute approximate surface area is 151 Å². The van der Waals surface area contributed by atoms with Gasteiger partial charge in [0.1, 0.15) is 5.75 Å². The molecule has 0 atom stereocenters. The van der Waals surface area contributed by atoms with Gasteiger partial charge >= 0.3 is 0 Å². The second-order valence-corrected chi connectivity index (χ2v) is 6.06. The molecule has 0 saturated heterocycles. The van der Waals surface area contributed by atoms with Crippen molar-refractivity contribution in [1.82, 2.24) is 5.32 Å². The topological polar surface area (TPSA) is 98.0 Å². The first kappa shape index (κ1) is 20.8. The van der Waals surface area contributed by atoms with Crippen LogP contribution in [-0.4, -0.2) is 25.6 Å². The molecule has 0 bridgehead atoms. The maximum absolute atomic E-state index is 5.83. The van der Waals surface area contributed by atoms with Crippen molar-refractivity contribution in [3.8, 4) is 5.75 Å². The fourth-order valence-electron chi connectivity index (χ4n) is 2.39. The first-order chi connectivity index (χ1) is 12.2. The fraction of sp³-hybridized carbons (Fsp3) is 0.579. The number of hydrogen-bond donors (Lipinski definition) is 3. The van der Waals surface area contributed by atoms with Crippen molar-refractivity contribution in [3.05, 3.63) is 29.8 Å². The van der Waals surface area contributed by atoms with E-state index in [1.54, 1.807) is 7.11 Å². The number of ether oxygens (including phenoxy) is 1. The number of unbranched alkanes of at least 4 members (excludes halogenated alkanes) is 6. The lowest BCUT2D eigenvalue weighted by molar-refractivity contribution is 0.414. The van der Waals surface area contributed by atoms with Gasteiger partial charge in [0.2, 0.25) is 0 Å². The van der Waals surface area contributed by atoms with E-state index in [-0.39, 0.29) is 5.96 Å². The second kappa shape index (κ2) is 13.1. The minimum absolute atomic E-state index is 0.275. The molecule has 1 aromatic carbocycles. The molecule has 140 valence electrons. The summed E-state index contributed by atoms with van der Waals surface area (Å²) in [5.41, 5.74) is 12.7. The summed E-state index contributed by atoms with van der Waals surface area (Å²) in [5, 5.41) is 2.82. The zero-order valence-electron chi connectivity index (χ0n) is 15.6. The molecular formula is C19H33N5O. The van der Waals surface area contributed by atoms with Crippen LogP contribution in [0.3, 0.4) is 0 Å². The van der Waals surface area contributed by atoms with Crippen LogP contribution in [0.5, 0.6) is 5.75 Å². The van der Waals surface area contributed by atoms with Crippen molar-refractivity contribution in [3.63, 3.8) is 0 Å². The standard InChI is InChI=1S/C19H33N5O/c1-3-4-5-6-7-8-9-14-22-18(20)24-19(21)23-15-16-10-12-17(25-2)13-11-16/h10-13H,3-9,14-15H2,1-2H3,(H5,20,21,22,23,24). The molecule has 0 aliphatic carbocycles. The molecule has 0 aromatic heterocycles. The maximum atomic E-state index is 5.83. The number of benzene rings is 1. The summed E-state index contributed by atoms with van der Waals surface area (Å²) < 4.78 is 5.12. The monoisotopic (exact) mass is 347 g/mol. The lowest BCUT2D eigenvalue weighted by Crippen LogP contribution is -2.41. The highest BCUT2D eigenvalue weighted by atomic mass is 16.5. The molecule has 6 heteroatoms. The molecule has 0 amide bonds. The smallest absolute Gasteiger partial charge is 0.195 e. The minimum Gasteiger partial charge on any atom is -0.497 e. The molecule has 0 fully saturated rings. The van der Waals surface area contributed by atoms with Crippen molar-refractivity contribution in [2.24, 2.45) is 21.5 Å². The molecule has 0 spiro atoms. The second-order valence-electron chi connectivity index (χ2n) is 6.06. The summed E-state index contributed by atoms with van der Waals surface area (Å²) in [4.78, 5) is 8.54. The van der Waals surface area contributed by atoms with Gasteiger partial charge in [0.05, 0.1) is 13.7 Å². The quantitative estimate of drug-likeness (QED) is 0.325. The molecule has 0 radical (unpaired) electrons. The Morgan fingerprint density at radius 1 is 0.920 bits per heavy atom. The van der Waals surface area contributed by atoms with E-state index in [9.17, 15) is 0 Å². The number of hydrogen-bond acceptors (Lipinski definition) is 3. The fourth-order valence-corrected chi connectivity index (χ4v) is 2.39. The Morgan fingerprint density at radius 2 is 1.52 bits per heavy atom. The Balaban J connectivity index is 2.21. The summed E-state index contributed by atoms with van der Waals surface area (Å²) in [7, 11) is 1.64. The number of nitrogens with one attached hydrogen (secondary N) is 1. The molecule has 25 heavy (non-hydrogen) atoms. The van der Waals surface area contributed by atoms with Crippen molar-refractivity contribution < 1.29 is 4.74 Å². The number of nitrogens with zero attached hydrogens (tertiary/aromatic N) is 2. The van der Waals surface area contributed by atoms with Crippen molar-refractivity contribution in [1.29, 1.82) is 0 Å². The minimum atomic E-state index is 0.275. The first-order valence-electron chi connectivity index (χ1n) is 9.15. The Kier molecular flexibility index (Phi) is 10.9. The van der Waals surface area contributed by atoms with Gasteiger partial charge in [-0.3, -0.25) is 10.3 Å². The van der Waals surface area contributed by atoms with Gasteiger partial charge < -0.3 is 16.2 Å². The van der Waals surface area contributed by atoms with Crippen LogP contribution in [-0.2, 0) is 6.54 Å². The summed E-state index contributed by atoms with van der Waals surface area (Å²) >= 11 is 0. The van der Waals surface area contributed by atoms with Gasteiger partial charge in [-0.15, -0.1) is 0 Å². The zero-order chi connectivity index (χ0) is 18.3. The Hall–Kier alpha value is -2.24. The number of rotatable bonds is 11. The van der Waals surface area contributed by atoms with Gasteiger partial charge in [-0.25, -0.2) is 4.99 Å². The van der Waals surface area contributed by atoms with E-state index in [4.69, 9.17) is 16.2 Å². The Morgan fingerprint density at radius 3 is 2.16 bits per heavy atom. The molecule has 0 aliphatic rings. The molecular weight excluding hydrogens is 314 g/mol. The molecule has 0 heterocycles. The average Bonchev–Trinajstić information content (AvgIpc) is 2.62. The lowest BCUT2D eigenvalue weighted by Gasteiger charge is -2.05. The number of nitrogens with two attached hydrogens (primary N) is 2. The summed E-state index contributed by atoms with van der Waals surface area (Å²) in [5.74, 6) is 1.42. The largest absolute Gasteiger partial charge is 0.497 e.